The second kappa shape index (κ2) is 16.2. The molecule has 0 saturated heterocycles. The van der Waals surface area contributed by atoms with Crippen LogP contribution in [0.5, 0.6) is 0 Å². The molecule has 0 aromatic heterocycles. The van der Waals surface area contributed by atoms with Gasteiger partial charge >= 0.3 is 0 Å². The van der Waals surface area contributed by atoms with Crippen LogP contribution in [-0.4, -0.2) is 5.91 Å². The molecule has 0 unspecified atom stereocenters. The van der Waals surface area contributed by atoms with Crippen molar-refractivity contribution in [2.45, 2.75) is 54.4 Å². The van der Waals surface area contributed by atoms with Gasteiger partial charge in [0.1, 0.15) is 0 Å². The Labute approximate surface area is 131 Å². The van der Waals surface area contributed by atoms with Crippen LogP contribution in [0.25, 0.3) is 0 Å². The smallest absolute Gasteiger partial charge is 0.224 e. The molecule has 0 saturated carbocycles. The van der Waals surface area contributed by atoms with Gasteiger partial charge in [0.2, 0.25) is 5.91 Å². The highest BCUT2D eigenvalue weighted by Gasteiger charge is 2.01. The minimum Gasteiger partial charge on any atom is -0.326 e. The van der Waals surface area contributed by atoms with Gasteiger partial charge in [-0.1, -0.05) is 69.7 Å². The first-order valence-electron chi connectivity index (χ1n) is 7.85. The predicted octanol–water partition coefficient (Wildman–Crippen LogP) is 5.98. The van der Waals surface area contributed by atoms with Crippen LogP contribution in [0.2, 0.25) is 0 Å². The number of anilines is 1. The summed E-state index contributed by atoms with van der Waals surface area (Å²) in [7, 11) is 0. The summed E-state index contributed by atoms with van der Waals surface area (Å²) in [6.07, 6.45) is 7.32. The van der Waals surface area contributed by atoms with Crippen LogP contribution < -0.4 is 5.32 Å². The van der Waals surface area contributed by atoms with E-state index in [-0.39, 0.29) is 5.91 Å². The third kappa shape index (κ3) is 12.9. The van der Waals surface area contributed by atoms with Gasteiger partial charge in [-0.3, -0.25) is 4.79 Å². The van der Waals surface area contributed by atoms with Gasteiger partial charge in [-0.05, 0) is 32.4 Å². The van der Waals surface area contributed by atoms with E-state index in [1.165, 1.54) is 5.57 Å². The molecule has 118 valence electrons. The highest BCUT2D eigenvalue weighted by atomic mass is 16.1. The normalized spacial score (nSPS) is 10.1. The van der Waals surface area contributed by atoms with Crippen LogP contribution in [0.1, 0.15) is 54.4 Å². The van der Waals surface area contributed by atoms with E-state index in [9.17, 15) is 4.79 Å². The van der Waals surface area contributed by atoms with Crippen molar-refractivity contribution >= 4 is 11.6 Å². The van der Waals surface area contributed by atoms with E-state index >= 15 is 0 Å². The fourth-order valence-electron chi connectivity index (χ4n) is 1.40. The summed E-state index contributed by atoms with van der Waals surface area (Å²) in [5.41, 5.74) is 2.07. The average molecular weight is 289 g/mol. The number of amides is 1. The maximum absolute atomic E-state index is 11.6. The number of para-hydroxylation sites is 1. The predicted molar refractivity (Wildman–Crippen MR) is 95.6 cm³/mol. The van der Waals surface area contributed by atoms with Gasteiger partial charge in [-0.15, -0.1) is 0 Å². The minimum atomic E-state index is 0.0597. The molecule has 21 heavy (non-hydrogen) atoms. The van der Waals surface area contributed by atoms with Gasteiger partial charge < -0.3 is 5.32 Å². The fourth-order valence-corrected chi connectivity index (χ4v) is 1.40. The highest BCUT2D eigenvalue weighted by molar-refractivity contribution is 5.90. The van der Waals surface area contributed by atoms with E-state index in [0.717, 1.165) is 12.1 Å². The van der Waals surface area contributed by atoms with Crippen molar-refractivity contribution in [1.82, 2.24) is 0 Å². The highest BCUT2D eigenvalue weighted by Crippen LogP contribution is 2.08. The van der Waals surface area contributed by atoms with Crippen molar-refractivity contribution in [1.29, 1.82) is 0 Å². The molecule has 0 bridgehead atoms. The lowest BCUT2D eigenvalue weighted by Gasteiger charge is -2.04. The Morgan fingerprint density at radius 1 is 1.05 bits per heavy atom. The van der Waals surface area contributed by atoms with Gasteiger partial charge in [0, 0.05) is 12.1 Å². The second-order valence-electron chi connectivity index (χ2n) is 3.95. The number of benzene rings is 1. The molecule has 0 aliphatic carbocycles. The molecule has 0 aliphatic rings. The van der Waals surface area contributed by atoms with Crippen molar-refractivity contribution < 1.29 is 4.79 Å². The molecular weight excluding hydrogens is 258 g/mol. The molecule has 1 rings (SSSR count). The van der Waals surface area contributed by atoms with E-state index in [1.807, 2.05) is 90.1 Å². The molecule has 0 aliphatic heterocycles. The van der Waals surface area contributed by atoms with Crippen LogP contribution in [0.3, 0.4) is 0 Å². The number of carbonyl (C=O) groups is 1. The number of allylic oxidation sites excluding steroid dienone is 4. The van der Waals surface area contributed by atoms with Crippen molar-refractivity contribution in [2.24, 2.45) is 0 Å². The molecule has 1 amide bonds. The second-order valence-corrected chi connectivity index (χ2v) is 3.95. The number of rotatable bonds is 5. The van der Waals surface area contributed by atoms with Gasteiger partial charge in [0.25, 0.3) is 0 Å². The average Bonchev–Trinajstić information content (AvgIpc) is 2.55. The molecule has 0 atom stereocenters. The lowest BCUT2D eigenvalue weighted by Crippen LogP contribution is -2.10. The molecule has 2 heteroatoms. The van der Waals surface area contributed by atoms with Gasteiger partial charge in [0.15, 0.2) is 0 Å². The van der Waals surface area contributed by atoms with Crippen molar-refractivity contribution in [3.05, 3.63) is 54.1 Å². The number of nitrogens with one attached hydrogen (secondary N) is 1. The van der Waals surface area contributed by atoms with Crippen molar-refractivity contribution in [3.63, 3.8) is 0 Å². The van der Waals surface area contributed by atoms with Crippen LogP contribution in [0, 0.1) is 0 Å². The Hall–Kier alpha value is -1.83. The summed E-state index contributed by atoms with van der Waals surface area (Å²) in [5, 5.41) is 2.87. The zero-order valence-electron chi connectivity index (χ0n) is 14.4. The molecule has 2 nitrogen and oxygen atoms in total. The zero-order chi connectivity index (χ0) is 16.5. The maximum Gasteiger partial charge on any atom is 0.224 e. The van der Waals surface area contributed by atoms with E-state index < -0.39 is 0 Å². The number of carbonyl (C=O) groups excluding carboxylic acids is 1. The van der Waals surface area contributed by atoms with Gasteiger partial charge in [-0.2, -0.15) is 0 Å². The Bertz CT molecular complexity index is 405. The summed E-state index contributed by atoms with van der Waals surface area (Å²) in [6, 6.07) is 9.53. The first kappa shape index (κ1) is 21.5. The molecule has 1 aromatic carbocycles. The molecule has 0 spiro atoms. The first-order chi connectivity index (χ1) is 10.2. The molecule has 1 aromatic rings. The van der Waals surface area contributed by atoms with E-state index in [0.29, 0.717) is 6.42 Å². The zero-order valence-corrected chi connectivity index (χ0v) is 14.4. The molecule has 0 heterocycles. The standard InChI is InChI=1S/C15H19NO.2C2H6/c1-3-4-8-13(2)11-12-15(17)16-14-9-6-5-7-10-14;2*1-2/h3-10H,11-12H2,1-2H3,(H,16,17);2*1-2H3/b4-3-,13-8+;;. The van der Waals surface area contributed by atoms with Crippen LogP contribution in [-0.2, 0) is 4.79 Å². The number of hydrogen-bond acceptors (Lipinski definition) is 1. The SMILES string of the molecule is C/C=C\C=C(/C)CCC(=O)Nc1ccccc1.CC.CC. The lowest BCUT2D eigenvalue weighted by molar-refractivity contribution is -0.116. The lowest BCUT2D eigenvalue weighted by atomic mass is 10.1. The first-order valence-corrected chi connectivity index (χ1v) is 7.85. The van der Waals surface area contributed by atoms with E-state index in [2.05, 4.69) is 5.32 Å². The monoisotopic (exact) mass is 289 g/mol. The Kier molecular flexibility index (Phi) is 16.6. The maximum atomic E-state index is 11.6. The third-order valence-electron chi connectivity index (χ3n) is 2.38. The van der Waals surface area contributed by atoms with Crippen LogP contribution >= 0.6 is 0 Å². The van der Waals surface area contributed by atoms with E-state index in [1.54, 1.807) is 0 Å². The summed E-state index contributed by atoms with van der Waals surface area (Å²) in [4.78, 5) is 11.6. The summed E-state index contributed by atoms with van der Waals surface area (Å²) in [6.45, 7) is 12.0. The van der Waals surface area contributed by atoms with Crippen molar-refractivity contribution in [2.75, 3.05) is 5.32 Å². The molecular formula is C19H31NO. The minimum absolute atomic E-state index is 0.0597. The number of hydrogen-bond donors (Lipinski definition) is 1. The molecule has 1 N–H and O–H groups in total. The molecule has 0 fully saturated rings. The Morgan fingerprint density at radius 2 is 1.62 bits per heavy atom. The van der Waals surface area contributed by atoms with Crippen LogP contribution in [0.4, 0.5) is 5.69 Å². The quantitative estimate of drug-likeness (QED) is 0.664. The van der Waals surface area contributed by atoms with Crippen molar-refractivity contribution in [3.8, 4) is 0 Å². The molecule has 0 radical (unpaired) electrons. The van der Waals surface area contributed by atoms with Gasteiger partial charge in [-0.25, -0.2) is 0 Å². The summed E-state index contributed by atoms with van der Waals surface area (Å²) >= 11 is 0. The van der Waals surface area contributed by atoms with Crippen LogP contribution in [0.15, 0.2) is 54.1 Å². The largest absolute Gasteiger partial charge is 0.326 e. The Balaban J connectivity index is 0. The summed E-state index contributed by atoms with van der Waals surface area (Å²) in [5.74, 6) is 0.0597. The summed E-state index contributed by atoms with van der Waals surface area (Å²) < 4.78 is 0. The third-order valence-corrected chi connectivity index (χ3v) is 2.38. The fraction of sp³-hybridized carbons (Fsp3) is 0.421. The topological polar surface area (TPSA) is 29.1 Å². The Morgan fingerprint density at radius 3 is 2.14 bits per heavy atom. The van der Waals surface area contributed by atoms with E-state index in [4.69, 9.17) is 0 Å². The van der Waals surface area contributed by atoms with Gasteiger partial charge in [0.05, 0.1) is 0 Å².